The second kappa shape index (κ2) is 7.96. The molecule has 0 aromatic carbocycles. The highest BCUT2D eigenvalue weighted by Gasteiger charge is 2.65. The molecule has 1 saturated carbocycles. The summed E-state index contributed by atoms with van der Waals surface area (Å²) in [5, 5.41) is 0. The van der Waals surface area contributed by atoms with E-state index in [-0.39, 0.29) is 41.7 Å². The summed E-state index contributed by atoms with van der Waals surface area (Å²) in [6.45, 7) is 13.1. The molecule has 4 unspecified atom stereocenters. The van der Waals surface area contributed by atoms with Crippen LogP contribution in [0.2, 0.25) is 0 Å². The average molecular weight is 421 g/mol. The molecule has 30 heavy (non-hydrogen) atoms. The van der Waals surface area contributed by atoms with Crippen molar-refractivity contribution in [1.82, 2.24) is 0 Å². The van der Waals surface area contributed by atoms with E-state index in [2.05, 4.69) is 26.8 Å². The summed E-state index contributed by atoms with van der Waals surface area (Å²) in [7, 11) is 1.43. The zero-order valence-electron chi connectivity index (χ0n) is 19.9. The maximum Gasteiger partial charge on any atom is 0.308 e. The van der Waals surface area contributed by atoms with E-state index in [0.29, 0.717) is 5.92 Å². The van der Waals surface area contributed by atoms with Gasteiger partial charge in [0, 0.05) is 5.41 Å². The molecule has 0 radical (unpaired) electrons. The van der Waals surface area contributed by atoms with Crippen LogP contribution in [-0.4, -0.2) is 36.9 Å². The first-order valence-electron chi connectivity index (χ1n) is 11.5. The predicted octanol–water partition coefficient (Wildman–Crippen LogP) is 5.22. The van der Waals surface area contributed by atoms with Crippen LogP contribution in [0.1, 0.15) is 86.5 Å². The minimum atomic E-state index is -0.569. The van der Waals surface area contributed by atoms with Crippen LogP contribution >= 0.6 is 0 Å². The Morgan fingerprint density at radius 2 is 1.83 bits per heavy atom. The van der Waals surface area contributed by atoms with Crippen molar-refractivity contribution in [3.05, 3.63) is 11.6 Å². The van der Waals surface area contributed by atoms with Crippen molar-refractivity contribution in [2.45, 2.75) is 97.7 Å². The minimum absolute atomic E-state index is 0.0586. The molecule has 0 bridgehead atoms. The molecule has 1 saturated heterocycles. The molecule has 3 aliphatic rings. The number of esters is 2. The summed E-state index contributed by atoms with van der Waals surface area (Å²) in [5.74, 6) is -0.0922. The highest BCUT2D eigenvalue weighted by molar-refractivity contribution is 5.72. The summed E-state index contributed by atoms with van der Waals surface area (Å²) in [5.41, 5.74) is 0.175. The molecular formula is C25H40O5. The van der Waals surface area contributed by atoms with E-state index in [1.807, 2.05) is 20.8 Å². The second-order valence-electron chi connectivity index (χ2n) is 11.2. The summed E-state index contributed by atoms with van der Waals surface area (Å²) < 4.78 is 17.6. The number of hydrogen-bond acceptors (Lipinski definition) is 5. The number of methoxy groups -OCH3 is 1. The average Bonchev–Trinajstić information content (AvgIpc) is 3.00. The molecule has 5 nitrogen and oxygen atoms in total. The van der Waals surface area contributed by atoms with Gasteiger partial charge in [0.05, 0.1) is 30.7 Å². The highest BCUT2D eigenvalue weighted by atomic mass is 16.6. The molecule has 1 heterocycles. The largest absolute Gasteiger partial charge is 0.469 e. The lowest BCUT2D eigenvalue weighted by Gasteiger charge is -2.61. The number of fused-ring (bicyclic) bond motifs is 2. The first-order chi connectivity index (χ1) is 13.9. The zero-order valence-corrected chi connectivity index (χ0v) is 19.9. The van der Waals surface area contributed by atoms with Gasteiger partial charge in [0.15, 0.2) is 0 Å². The smallest absolute Gasteiger partial charge is 0.308 e. The lowest BCUT2D eigenvalue weighted by Crippen LogP contribution is -2.60. The van der Waals surface area contributed by atoms with E-state index < -0.39 is 11.2 Å². The molecule has 4 atom stereocenters. The molecule has 5 heteroatoms. The van der Waals surface area contributed by atoms with E-state index in [1.165, 1.54) is 13.5 Å². The molecule has 0 amide bonds. The SMILES string of the molecule is COC(=O)CC1(C)CCC2(O1)C(COC(=O)C(C)C)=CCC1C(C)(C)CCCC12C. The third kappa shape index (κ3) is 3.83. The Morgan fingerprint density at radius 3 is 2.47 bits per heavy atom. The van der Waals surface area contributed by atoms with Crippen LogP contribution in [0.15, 0.2) is 11.6 Å². The molecule has 0 aromatic rings. The molecule has 170 valence electrons. The minimum Gasteiger partial charge on any atom is -0.469 e. The Morgan fingerprint density at radius 1 is 1.13 bits per heavy atom. The fourth-order valence-electron chi connectivity index (χ4n) is 6.56. The van der Waals surface area contributed by atoms with Gasteiger partial charge in [0.25, 0.3) is 0 Å². The van der Waals surface area contributed by atoms with Gasteiger partial charge in [-0.05, 0) is 55.9 Å². The quantitative estimate of drug-likeness (QED) is 0.451. The molecular weight excluding hydrogens is 380 g/mol. The first-order valence-corrected chi connectivity index (χ1v) is 11.5. The monoisotopic (exact) mass is 420 g/mol. The number of ether oxygens (including phenoxy) is 3. The highest BCUT2D eigenvalue weighted by Crippen LogP contribution is 2.66. The van der Waals surface area contributed by atoms with Gasteiger partial charge >= 0.3 is 11.9 Å². The van der Waals surface area contributed by atoms with Crippen molar-refractivity contribution in [1.29, 1.82) is 0 Å². The summed E-state index contributed by atoms with van der Waals surface area (Å²) in [6, 6.07) is 0. The third-order valence-electron chi connectivity index (χ3n) is 8.28. The lowest BCUT2D eigenvalue weighted by atomic mass is 9.46. The van der Waals surface area contributed by atoms with E-state index in [4.69, 9.17) is 14.2 Å². The van der Waals surface area contributed by atoms with Crippen LogP contribution < -0.4 is 0 Å². The standard InChI is InChI=1S/C25H40O5/c1-17(2)21(27)29-16-18-9-10-19-22(3,4)11-8-12-24(19,6)25(18)14-13-23(5,30-25)15-20(26)28-7/h9,17,19H,8,10-16H2,1-7H3. The molecule has 1 aliphatic heterocycles. The normalized spacial score (nSPS) is 37.6. The van der Waals surface area contributed by atoms with Crippen LogP contribution in [0.3, 0.4) is 0 Å². The van der Waals surface area contributed by atoms with E-state index in [1.54, 1.807) is 0 Å². The van der Waals surface area contributed by atoms with Crippen LogP contribution in [0.5, 0.6) is 0 Å². The molecule has 1 spiro atoms. The van der Waals surface area contributed by atoms with Gasteiger partial charge in [-0.2, -0.15) is 0 Å². The summed E-state index contributed by atoms with van der Waals surface area (Å²) >= 11 is 0. The van der Waals surface area contributed by atoms with Crippen LogP contribution in [0, 0.1) is 22.7 Å². The van der Waals surface area contributed by atoms with Crippen molar-refractivity contribution in [2.75, 3.05) is 13.7 Å². The maximum absolute atomic E-state index is 12.2. The van der Waals surface area contributed by atoms with Crippen molar-refractivity contribution in [2.24, 2.45) is 22.7 Å². The van der Waals surface area contributed by atoms with E-state index in [0.717, 1.165) is 37.7 Å². The first kappa shape index (κ1) is 23.3. The Balaban J connectivity index is 1.99. The third-order valence-corrected chi connectivity index (χ3v) is 8.28. The fraction of sp³-hybridized carbons (Fsp3) is 0.840. The Hall–Kier alpha value is -1.36. The Bertz CT molecular complexity index is 723. The second-order valence-corrected chi connectivity index (χ2v) is 11.2. The van der Waals surface area contributed by atoms with Crippen molar-refractivity contribution in [3.63, 3.8) is 0 Å². The van der Waals surface area contributed by atoms with Gasteiger partial charge in [-0.25, -0.2) is 0 Å². The van der Waals surface area contributed by atoms with Crippen LogP contribution in [0.25, 0.3) is 0 Å². The zero-order chi connectivity index (χ0) is 22.4. The number of hydrogen-bond donors (Lipinski definition) is 0. The van der Waals surface area contributed by atoms with E-state index >= 15 is 0 Å². The maximum atomic E-state index is 12.2. The van der Waals surface area contributed by atoms with Crippen LogP contribution in [-0.2, 0) is 23.8 Å². The van der Waals surface area contributed by atoms with Gasteiger partial charge < -0.3 is 14.2 Å². The molecule has 2 aliphatic carbocycles. The molecule has 3 rings (SSSR count). The predicted molar refractivity (Wildman–Crippen MR) is 116 cm³/mol. The van der Waals surface area contributed by atoms with Crippen molar-refractivity contribution >= 4 is 11.9 Å². The lowest BCUT2D eigenvalue weighted by molar-refractivity contribution is -0.197. The van der Waals surface area contributed by atoms with Crippen molar-refractivity contribution in [3.8, 4) is 0 Å². The van der Waals surface area contributed by atoms with Gasteiger partial charge in [0.2, 0.25) is 0 Å². The number of carbonyl (C=O) groups excluding carboxylic acids is 2. The van der Waals surface area contributed by atoms with Gasteiger partial charge in [-0.3, -0.25) is 9.59 Å². The summed E-state index contributed by atoms with van der Waals surface area (Å²) in [4.78, 5) is 24.3. The fourth-order valence-corrected chi connectivity index (χ4v) is 6.56. The molecule has 2 fully saturated rings. The summed E-state index contributed by atoms with van der Waals surface area (Å²) in [6.07, 6.45) is 8.61. The van der Waals surface area contributed by atoms with Gasteiger partial charge in [-0.1, -0.05) is 47.1 Å². The topological polar surface area (TPSA) is 61.8 Å². The van der Waals surface area contributed by atoms with E-state index in [9.17, 15) is 9.59 Å². The number of rotatable bonds is 5. The molecule has 0 aromatic heterocycles. The van der Waals surface area contributed by atoms with Crippen molar-refractivity contribution < 1.29 is 23.8 Å². The van der Waals surface area contributed by atoms with Gasteiger partial charge in [-0.15, -0.1) is 0 Å². The Kier molecular flexibility index (Phi) is 6.18. The molecule has 0 N–H and O–H groups in total. The number of allylic oxidation sites excluding steroid dienone is 1. The Labute approximate surface area is 181 Å². The number of carbonyl (C=O) groups is 2. The van der Waals surface area contributed by atoms with Gasteiger partial charge in [0.1, 0.15) is 6.61 Å². The van der Waals surface area contributed by atoms with Crippen LogP contribution in [0.4, 0.5) is 0 Å².